The highest BCUT2D eigenvalue weighted by Crippen LogP contribution is 2.52. The van der Waals surface area contributed by atoms with E-state index in [9.17, 15) is 22.4 Å². The average molecular weight is 569 g/mol. The minimum Gasteiger partial charge on any atom is -0.374 e. The third kappa shape index (κ3) is 4.03. The quantitative estimate of drug-likeness (QED) is 0.348. The van der Waals surface area contributed by atoms with Crippen LogP contribution in [0.3, 0.4) is 0 Å². The second kappa shape index (κ2) is 8.79. The van der Waals surface area contributed by atoms with E-state index in [1.807, 2.05) is 12.3 Å². The number of thioether (sulfide) groups is 1. The van der Waals surface area contributed by atoms with E-state index in [4.69, 9.17) is 32.8 Å². The van der Waals surface area contributed by atoms with E-state index < -0.39 is 45.2 Å². The number of nitrogens with zero attached hydrogens (tertiary/aromatic N) is 2. The Morgan fingerprint density at radius 2 is 1.94 bits per heavy atom. The molecular weight excluding hydrogens is 551 g/mol. The Labute approximate surface area is 216 Å². The van der Waals surface area contributed by atoms with Crippen molar-refractivity contribution < 1.29 is 31.9 Å². The minimum absolute atomic E-state index is 0.0239. The van der Waals surface area contributed by atoms with Gasteiger partial charge in [0.05, 0.1) is 46.8 Å². The maximum Gasteiger partial charge on any atom is 0.435 e. The fraction of sp³-hybridized carbons (Fsp3) is 0.455. The van der Waals surface area contributed by atoms with Gasteiger partial charge in [-0.2, -0.15) is 24.9 Å². The number of carbonyl (C=O) groups excluding carboxylic acids is 1. The lowest BCUT2D eigenvalue weighted by Gasteiger charge is -2.51. The third-order valence-electron chi connectivity index (χ3n) is 6.41. The molecule has 4 heterocycles. The molecule has 1 spiro atoms. The molecule has 1 aromatic carbocycles. The average Bonchev–Trinajstić information content (AvgIpc) is 3.40. The van der Waals surface area contributed by atoms with E-state index in [-0.39, 0.29) is 11.6 Å². The van der Waals surface area contributed by atoms with Crippen molar-refractivity contribution in [1.82, 2.24) is 4.90 Å². The lowest BCUT2D eigenvalue weighted by Crippen LogP contribution is -2.63. The molecule has 0 N–H and O–H groups in total. The molecule has 0 radical (unpaired) electrons. The van der Waals surface area contributed by atoms with Crippen molar-refractivity contribution in [2.45, 2.75) is 30.2 Å². The number of hydrogen-bond donors (Lipinski definition) is 0. The molecule has 5 rings (SSSR count). The first-order valence-electron chi connectivity index (χ1n) is 10.5. The molecule has 3 aliphatic rings. The van der Waals surface area contributed by atoms with Crippen LogP contribution in [0.5, 0.6) is 0 Å². The molecule has 188 valence electrons. The van der Waals surface area contributed by atoms with Gasteiger partial charge in [0.25, 0.3) is 5.60 Å². The number of thiophene rings is 1. The largest absolute Gasteiger partial charge is 0.435 e. The molecule has 0 aliphatic carbocycles. The van der Waals surface area contributed by atoms with E-state index in [0.29, 0.717) is 36.7 Å². The highest BCUT2D eigenvalue weighted by molar-refractivity contribution is 7.99. The summed E-state index contributed by atoms with van der Waals surface area (Å²) >= 11 is 14.3. The summed E-state index contributed by atoms with van der Waals surface area (Å²) in [6.07, 6.45) is -3.04. The Kier molecular flexibility index (Phi) is 6.32. The van der Waals surface area contributed by atoms with Crippen LogP contribution in [0.4, 0.5) is 17.6 Å². The number of ether oxygens (including phenoxy) is 1. The molecule has 5 nitrogen and oxygen atoms in total. The maximum absolute atomic E-state index is 14.3. The standard InChI is InChI=1S/C22H18Cl2F4N2O3S2/c1-34-8-17(31)30-9-20(10-30)19-11(2-3-32-20)4-16(35-19)15-7-21(33-29-15,22(26,27)28)12-5-13(23)18(25)14(24)6-12/h4-6H,2-3,7-10H2,1H3. The molecule has 0 bridgehead atoms. The van der Waals surface area contributed by atoms with E-state index in [1.165, 1.54) is 23.1 Å². The van der Waals surface area contributed by atoms with E-state index in [1.54, 1.807) is 4.90 Å². The number of fused-ring (bicyclic) bond motifs is 2. The first-order chi connectivity index (χ1) is 16.5. The van der Waals surface area contributed by atoms with Crippen molar-refractivity contribution in [3.8, 4) is 0 Å². The Morgan fingerprint density at radius 1 is 1.26 bits per heavy atom. The summed E-state index contributed by atoms with van der Waals surface area (Å²) in [4.78, 5) is 20.4. The van der Waals surface area contributed by atoms with Crippen LogP contribution in [0, 0.1) is 5.82 Å². The summed E-state index contributed by atoms with van der Waals surface area (Å²) in [6.45, 7) is 1.26. The first-order valence-corrected chi connectivity index (χ1v) is 13.5. The molecule has 3 aliphatic heterocycles. The third-order valence-corrected chi connectivity index (χ3v) is 8.90. The van der Waals surface area contributed by atoms with Gasteiger partial charge in [0, 0.05) is 10.4 Å². The number of benzene rings is 1. The highest BCUT2D eigenvalue weighted by Gasteiger charge is 2.63. The Bertz CT molecular complexity index is 1210. The highest BCUT2D eigenvalue weighted by atomic mass is 35.5. The van der Waals surface area contributed by atoms with Crippen LogP contribution in [0.1, 0.15) is 27.3 Å². The number of carbonyl (C=O) groups is 1. The fourth-order valence-corrected chi connectivity index (χ4v) is 6.82. The van der Waals surface area contributed by atoms with Gasteiger partial charge in [-0.1, -0.05) is 28.4 Å². The summed E-state index contributed by atoms with van der Waals surface area (Å²) < 4.78 is 62.9. The van der Waals surface area contributed by atoms with E-state index in [2.05, 4.69) is 5.16 Å². The monoisotopic (exact) mass is 568 g/mol. The number of rotatable bonds is 4. The van der Waals surface area contributed by atoms with Crippen LogP contribution in [-0.4, -0.2) is 54.4 Å². The van der Waals surface area contributed by atoms with Crippen molar-refractivity contribution in [1.29, 1.82) is 0 Å². The molecule has 1 fully saturated rings. The summed E-state index contributed by atoms with van der Waals surface area (Å²) in [5.74, 6) is -0.602. The van der Waals surface area contributed by atoms with Crippen LogP contribution in [0.15, 0.2) is 23.4 Å². The molecule has 1 unspecified atom stereocenters. The van der Waals surface area contributed by atoms with Crippen molar-refractivity contribution in [2.75, 3.05) is 31.7 Å². The molecule has 1 saturated heterocycles. The Balaban J connectivity index is 1.44. The summed E-state index contributed by atoms with van der Waals surface area (Å²) in [6, 6.07) is 3.55. The summed E-state index contributed by atoms with van der Waals surface area (Å²) in [5, 5.41) is 2.73. The SMILES string of the molecule is CSCC(=O)N1CC2(C1)OCCc1cc(C3=NOC(c4cc(Cl)c(F)c(Cl)c4)(C(F)(F)F)C3)sc12. The zero-order chi connectivity index (χ0) is 25.2. The van der Waals surface area contributed by atoms with Crippen molar-refractivity contribution in [2.24, 2.45) is 5.16 Å². The Hall–Kier alpha value is -1.53. The molecule has 0 saturated carbocycles. The van der Waals surface area contributed by atoms with Crippen molar-refractivity contribution >= 4 is 57.9 Å². The van der Waals surface area contributed by atoms with Gasteiger partial charge in [0.15, 0.2) is 5.82 Å². The molecule has 13 heteroatoms. The molecule has 1 amide bonds. The van der Waals surface area contributed by atoms with Gasteiger partial charge in [-0.05, 0) is 36.4 Å². The van der Waals surface area contributed by atoms with Crippen LogP contribution in [0.25, 0.3) is 0 Å². The van der Waals surface area contributed by atoms with Gasteiger partial charge in [-0.25, -0.2) is 4.39 Å². The van der Waals surface area contributed by atoms with Crippen LogP contribution in [-0.2, 0) is 32.0 Å². The van der Waals surface area contributed by atoms with Gasteiger partial charge in [0.1, 0.15) is 11.3 Å². The van der Waals surface area contributed by atoms with Crippen molar-refractivity contribution in [3.63, 3.8) is 0 Å². The van der Waals surface area contributed by atoms with Gasteiger partial charge in [-0.15, -0.1) is 11.3 Å². The minimum atomic E-state index is -4.88. The molecule has 1 aromatic heterocycles. The molecule has 1 atom stereocenters. The first kappa shape index (κ1) is 25.1. The van der Waals surface area contributed by atoms with Gasteiger partial charge < -0.3 is 14.5 Å². The summed E-state index contributed by atoms with van der Waals surface area (Å²) in [5.41, 5.74) is -2.84. The molecule has 35 heavy (non-hydrogen) atoms. The predicted molar refractivity (Wildman–Crippen MR) is 127 cm³/mol. The van der Waals surface area contributed by atoms with Crippen LogP contribution < -0.4 is 0 Å². The normalized spacial score (nSPS) is 23.1. The van der Waals surface area contributed by atoms with E-state index in [0.717, 1.165) is 22.6 Å². The zero-order valence-electron chi connectivity index (χ0n) is 18.2. The van der Waals surface area contributed by atoms with Gasteiger partial charge in [0.2, 0.25) is 5.91 Å². The number of halogens is 6. The number of amides is 1. The predicted octanol–water partition coefficient (Wildman–Crippen LogP) is 5.75. The number of hydrogen-bond acceptors (Lipinski definition) is 6. The molecular formula is C22H18Cl2F4N2O3S2. The van der Waals surface area contributed by atoms with Gasteiger partial charge >= 0.3 is 6.18 Å². The lowest BCUT2D eigenvalue weighted by molar-refractivity contribution is -0.275. The number of oxime groups is 1. The van der Waals surface area contributed by atoms with Gasteiger partial charge in [-0.3, -0.25) is 4.79 Å². The maximum atomic E-state index is 14.3. The second-order valence-electron chi connectivity index (χ2n) is 8.63. The fourth-order valence-electron chi connectivity index (χ4n) is 4.59. The second-order valence-corrected chi connectivity index (χ2v) is 11.4. The topological polar surface area (TPSA) is 51.1 Å². The number of likely N-dealkylation sites (tertiary alicyclic amines) is 1. The van der Waals surface area contributed by atoms with Crippen LogP contribution in [0.2, 0.25) is 10.0 Å². The zero-order valence-corrected chi connectivity index (χ0v) is 21.3. The number of alkyl halides is 3. The lowest BCUT2D eigenvalue weighted by atomic mass is 9.86. The smallest absolute Gasteiger partial charge is 0.374 e. The Morgan fingerprint density at radius 3 is 2.57 bits per heavy atom. The van der Waals surface area contributed by atoms with Crippen molar-refractivity contribution in [3.05, 3.63) is 54.9 Å². The van der Waals surface area contributed by atoms with E-state index >= 15 is 0 Å². The van der Waals surface area contributed by atoms with Crippen LogP contribution >= 0.6 is 46.3 Å². The molecule has 2 aromatic rings. The summed E-state index contributed by atoms with van der Waals surface area (Å²) in [7, 11) is 0.